The molecular weight excluding hydrogens is 496 g/mol. The van der Waals surface area contributed by atoms with Gasteiger partial charge in [-0.15, -0.1) is 0 Å². The molecule has 0 radical (unpaired) electrons. The number of phenols is 1. The number of rotatable bonds is 6. The Balaban J connectivity index is 1.91. The first-order chi connectivity index (χ1) is 18.3. The second-order valence-corrected chi connectivity index (χ2v) is 9.19. The largest absolute Gasteiger partial charge is 0.507 e. The SMILES string of the molecule is COc1cc(-n2c(C3CCCOCC3)c(-c3ccc(C(=O)O)c(OC)c3)c3c(O)cc(F)cc32)ccc1F. The minimum atomic E-state index is -1.14. The number of methoxy groups -OCH3 is 2. The van der Waals surface area contributed by atoms with Crippen molar-refractivity contribution in [2.24, 2.45) is 0 Å². The molecule has 1 aliphatic heterocycles. The van der Waals surface area contributed by atoms with Crippen molar-refractivity contribution in [2.75, 3.05) is 27.4 Å². The molecule has 0 bridgehead atoms. The molecule has 1 aliphatic rings. The van der Waals surface area contributed by atoms with Gasteiger partial charge >= 0.3 is 5.97 Å². The van der Waals surface area contributed by atoms with Crippen molar-refractivity contribution in [3.8, 4) is 34.1 Å². The minimum Gasteiger partial charge on any atom is -0.507 e. The highest BCUT2D eigenvalue weighted by Crippen LogP contribution is 2.47. The molecule has 0 spiro atoms. The molecule has 5 rings (SSSR count). The molecule has 198 valence electrons. The number of benzene rings is 3. The molecule has 1 fully saturated rings. The number of nitrogens with zero attached hydrogens (tertiary/aromatic N) is 1. The number of aromatic nitrogens is 1. The van der Waals surface area contributed by atoms with Crippen molar-refractivity contribution in [1.29, 1.82) is 0 Å². The van der Waals surface area contributed by atoms with E-state index in [4.69, 9.17) is 14.2 Å². The van der Waals surface area contributed by atoms with Crippen LogP contribution in [0.1, 0.15) is 41.2 Å². The third-order valence-electron chi connectivity index (χ3n) is 7.00. The molecule has 7 nitrogen and oxygen atoms in total. The van der Waals surface area contributed by atoms with Gasteiger partial charge < -0.3 is 29.0 Å². The average Bonchev–Trinajstić information content (AvgIpc) is 3.03. The molecule has 1 saturated heterocycles. The number of aromatic carboxylic acids is 1. The van der Waals surface area contributed by atoms with Gasteiger partial charge in [0.15, 0.2) is 11.6 Å². The molecule has 1 aromatic heterocycles. The fourth-order valence-electron chi connectivity index (χ4n) is 5.33. The van der Waals surface area contributed by atoms with Crippen LogP contribution in [-0.2, 0) is 4.74 Å². The van der Waals surface area contributed by atoms with Crippen LogP contribution in [0, 0.1) is 11.6 Å². The maximum Gasteiger partial charge on any atom is 0.339 e. The van der Waals surface area contributed by atoms with Crippen LogP contribution in [0.25, 0.3) is 27.7 Å². The highest BCUT2D eigenvalue weighted by molar-refractivity contribution is 6.04. The van der Waals surface area contributed by atoms with E-state index in [1.54, 1.807) is 18.2 Å². The first-order valence-corrected chi connectivity index (χ1v) is 12.2. The van der Waals surface area contributed by atoms with E-state index in [-0.39, 0.29) is 28.7 Å². The molecule has 38 heavy (non-hydrogen) atoms. The predicted molar refractivity (Wildman–Crippen MR) is 138 cm³/mol. The van der Waals surface area contributed by atoms with Gasteiger partial charge in [-0.05, 0) is 55.2 Å². The fourth-order valence-corrected chi connectivity index (χ4v) is 5.33. The molecule has 9 heteroatoms. The number of fused-ring (bicyclic) bond motifs is 1. The van der Waals surface area contributed by atoms with Gasteiger partial charge in [0.1, 0.15) is 22.9 Å². The molecule has 1 atom stereocenters. The molecule has 0 saturated carbocycles. The van der Waals surface area contributed by atoms with Gasteiger partial charge in [-0.25, -0.2) is 13.6 Å². The van der Waals surface area contributed by atoms with E-state index in [2.05, 4.69) is 0 Å². The molecule has 2 heterocycles. The van der Waals surface area contributed by atoms with Gasteiger partial charge in [0, 0.05) is 48.2 Å². The summed E-state index contributed by atoms with van der Waals surface area (Å²) in [6.45, 7) is 1.12. The van der Waals surface area contributed by atoms with Crippen LogP contribution in [0.5, 0.6) is 17.2 Å². The summed E-state index contributed by atoms with van der Waals surface area (Å²) in [5, 5.41) is 21.0. The van der Waals surface area contributed by atoms with E-state index in [0.29, 0.717) is 47.4 Å². The zero-order valence-electron chi connectivity index (χ0n) is 21.0. The molecule has 0 aliphatic carbocycles. The summed E-state index contributed by atoms with van der Waals surface area (Å²) < 4.78 is 47.3. The average molecular weight is 524 g/mol. The highest BCUT2D eigenvalue weighted by atomic mass is 19.1. The number of halogens is 2. The van der Waals surface area contributed by atoms with Crippen molar-refractivity contribution in [3.63, 3.8) is 0 Å². The summed E-state index contributed by atoms with van der Waals surface area (Å²) >= 11 is 0. The first kappa shape index (κ1) is 25.5. The van der Waals surface area contributed by atoms with Gasteiger partial charge in [-0.2, -0.15) is 0 Å². The summed E-state index contributed by atoms with van der Waals surface area (Å²) in [5.74, 6) is -2.48. The molecular formula is C29H27F2NO6. The number of hydrogen-bond acceptors (Lipinski definition) is 5. The maximum atomic E-state index is 14.8. The highest BCUT2D eigenvalue weighted by Gasteiger charge is 2.30. The van der Waals surface area contributed by atoms with Crippen molar-refractivity contribution < 1.29 is 38.0 Å². The lowest BCUT2D eigenvalue weighted by Gasteiger charge is -2.21. The van der Waals surface area contributed by atoms with E-state index >= 15 is 0 Å². The zero-order chi connectivity index (χ0) is 27.0. The summed E-state index contributed by atoms with van der Waals surface area (Å²) in [6, 6.07) is 11.5. The molecule has 4 aromatic rings. The van der Waals surface area contributed by atoms with E-state index in [9.17, 15) is 23.8 Å². The lowest BCUT2D eigenvalue weighted by molar-refractivity contribution is 0.0693. The van der Waals surface area contributed by atoms with E-state index < -0.39 is 17.6 Å². The van der Waals surface area contributed by atoms with E-state index in [1.165, 1.54) is 38.5 Å². The second-order valence-electron chi connectivity index (χ2n) is 9.19. The standard InChI is InChI=1S/C29H27F2NO6/c1-36-24-12-17(5-7-20(24)29(34)35)26-27-22(13-18(30)14-23(27)33)32(19-6-8-21(31)25(15-19)37-2)28(26)16-4-3-10-38-11-9-16/h5-8,12-16,33H,3-4,9-11H2,1-2H3,(H,34,35). The summed E-state index contributed by atoms with van der Waals surface area (Å²) in [4.78, 5) is 11.7. The number of carboxylic acid groups (broad SMARTS) is 1. The van der Waals surface area contributed by atoms with Gasteiger partial charge in [0.05, 0.1) is 25.1 Å². The lowest BCUT2D eigenvalue weighted by Crippen LogP contribution is -2.09. The summed E-state index contributed by atoms with van der Waals surface area (Å²) in [5.41, 5.74) is 2.87. The molecule has 2 N–H and O–H groups in total. The van der Waals surface area contributed by atoms with Crippen molar-refractivity contribution >= 4 is 16.9 Å². The quantitative estimate of drug-likeness (QED) is 0.309. The predicted octanol–water partition coefficient (Wildman–Crippen LogP) is 6.28. The number of carboxylic acids is 1. The van der Waals surface area contributed by atoms with Crippen molar-refractivity contribution in [3.05, 3.63) is 71.4 Å². The number of carbonyl (C=O) groups is 1. The summed E-state index contributed by atoms with van der Waals surface area (Å²) in [6.07, 6.45) is 2.21. The maximum absolute atomic E-state index is 14.8. The van der Waals surface area contributed by atoms with E-state index in [0.717, 1.165) is 24.6 Å². The monoisotopic (exact) mass is 523 g/mol. The Bertz CT molecular complexity index is 1520. The molecule has 1 unspecified atom stereocenters. The molecule has 0 amide bonds. The van der Waals surface area contributed by atoms with Crippen molar-refractivity contribution in [1.82, 2.24) is 4.57 Å². The normalized spacial score (nSPS) is 15.8. The zero-order valence-corrected chi connectivity index (χ0v) is 21.0. The van der Waals surface area contributed by atoms with Crippen LogP contribution in [0.15, 0.2) is 48.5 Å². The van der Waals surface area contributed by atoms with Gasteiger partial charge in [-0.3, -0.25) is 0 Å². The smallest absolute Gasteiger partial charge is 0.339 e. The Labute approximate surface area is 217 Å². The Hall–Kier alpha value is -4.11. The number of ether oxygens (including phenoxy) is 3. The lowest BCUT2D eigenvalue weighted by atomic mass is 9.89. The van der Waals surface area contributed by atoms with Crippen LogP contribution < -0.4 is 9.47 Å². The van der Waals surface area contributed by atoms with Crippen LogP contribution >= 0.6 is 0 Å². The second kappa shape index (κ2) is 10.3. The molecule has 3 aromatic carbocycles. The number of aromatic hydroxyl groups is 1. The van der Waals surface area contributed by atoms with Crippen LogP contribution in [0.4, 0.5) is 8.78 Å². The number of hydrogen-bond donors (Lipinski definition) is 2. The Morgan fingerprint density at radius 3 is 2.53 bits per heavy atom. The topological polar surface area (TPSA) is 90.2 Å². The van der Waals surface area contributed by atoms with E-state index in [1.807, 2.05) is 4.57 Å². The van der Waals surface area contributed by atoms with Gasteiger partial charge in [-0.1, -0.05) is 6.07 Å². The Kier molecular flexibility index (Phi) is 6.94. The summed E-state index contributed by atoms with van der Waals surface area (Å²) in [7, 11) is 2.75. The Morgan fingerprint density at radius 1 is 1.00 bits per heavy atom. The van der Waals surface area contributed by atoms with Gasteiger partial charge in [0.2, 0.25) is 0 Å². The first-order valence-electron chi connectivity index (χ1n) is 12.2. The third kappa shape index (κ3) is 4.43. The third-order valence-corrected chi connectivity index (χ3v) is 7.00. The van der Waals surface area contributed by atoms with Gasteiger partial charge in [0.25, 0.3) is 0 Å². The van der Waals surface area contributed by atoms with Crippen LogP contribution in [0.2, 0.25) is 0 Å². The minimum absolute atomic E-state index is 0.0112. The van der Waals surface area contributed by atoms with Crippen molar-refractivity contribution in [2.45, 2.75) is 25.2 Å². The fraction of sp³-hybridized carbons (Fsp3) is 0.276. The number of phenolic OH excluding ortho intramolecular Hbond substituents is 1. The van der Waals surface area contributed by atoms with Crippen LogP contribution in [-0.4, -0.2) is 48.2 Å². The van der Waals surface area contributed by atoms with Crippen LogP contribution in [0.3, 0.4) is 0 Å². The Morgan fingerprint density at radius 2 is 1.79 bits per heavy atom.